The van der Waals surface area contributed by atoms with Crippen molar-refractivity contribution in [3.63, 3.8) is 0 Å². The minimum absolute atomic E-state index is 0.0325. The van der Waals surface area contributed by atoms with E-state index in [2.05, 4.69) is 43.4 Å². The molecule has 6 nitrogen and oxygen atoms in total. The van der Waals surface area contributed by atoms with Crippen molar-refractivity contribution in [1.82, 2.24) is 20.2 Å². The Kier molecular flexibility index (Phi) is 5.85. The van der Waals surface area contributed by atoms with Crippen LogP contribution in [0.2, 0.25) is 0 Å². The lowest BCUT2D eigenvalue weighted by Gasteiger charge is -2.26. The van der Waals surface area contributed by atoms with Gasteiger partial charge in [-0.15, -0.1) is 0 Å². The van der Waals surface area contributed by atoms with Crippen LogP contribution >= 0.6 is 15.9 Å². The van der Waals surface area contributed by atoms with Gasteiger partial charge in [-0.05, 0) is 54.3 Å². The van der Waals surface area contributed by atoms with Gasteiger partial charge in [0.2, 0.25) is 0 Å². The van der Waals surface area contributed by atoms with E-state index in [1.807, 2.05) is 35.4 Å². The van der Waals surface area contributed by atoms with E-state index in [-0.39, 0.29) is 6.03 Å². The highest BCUT2D eigenvalue weighted by Gasteiger charge is 2.19. The molecular weight excluding hydrogens is 432 g/mol. The summed E-state index contributed by atoms with van der Waals surface area (Å²) >= 11 is 3.48. The number of aromatic nitrogens is 2. The number of urea groups is 1. The normalized spacial score (nSPS) is 14.0. The van der Waals surface area contributed by atoms with Crippen molar-refractivity contribution in [2.24, 2.45) is 0 Å². The largest absolute Gasteiger partial charge is 0.496 e. The quantitative estimate of drug-likeness (QED) is 0.600. The Bertz CT molecular complexity index is 1060. The Balaban J connectivity index is 1.34. The maximum absolute atomic E-state index is 12.5. The number of H-pyrrole nitrogens is 1. The second-order valence-electron chi connectivity index (χ2n) is 6.97. The van der Waals surface area contributed by atoms with Gasteiger partial charge < -0.3 is 19.9 Å². The predicted octanol–water partition coefficient (Wildman–Crippen LogP) is 4.38. The van der Waals surface area contributed by atoms with Crippen LogP contribution in [0.5, 0.6) is 5.75 Å². The summed E-state index contributed by atoms with van der Waals surface area (Å²) in [4.78, 5) is 22.0. The zero-order valence-electron chi connectivity index (χ0n) is 16.2. The number of nitrogens with zero attached hydrogens (tertiary/aromatic N) is 2. The van der Waals surface area contributed by atoms with Crippen molar-refractivity contribution in [3.05, 3.63) is 64.4 Å². The van der Waals surface area contributed by atoms with Gasteiger partial charge in [-0.3, -0.25) is 0 Å². The van der Waals surface area contributed by atoms with Gasteiger partial charge in [-0.2, -0.15) is 0 Å². The van der Waals surface area contributed by atoms with Crippen molar-refractivity contribution in [2.75, 3.05) is 26.7 Å². The van der Waals surface area contributed by atoms with E-state index in [0.29, 0.717) is 26.1 Å². The number of carbonyl (C=O) groups is 1. The van der Waals surface area contributed by atoms with E-state index in [0.717, 1.165) is 33.2 Å². The minimum Gasteiger partial charge on any atom is -0.496 e. The van der Waals surface area contributed by atoms with Gasteiger partial charge in [0.25, 0.3) is 0 Å². The smallest absolute Gasteiger partial charge is 0.317 e. The van der Waals surface area contributed by atoms with Crippen molar-refractivity contribution >= 4 is 38.6 Å². The molecule has 150 valence electrons. The highest BCUT2D eigenvalue weighted by Crippen LogP contribution is 2.28. The number of methoxy groups -OCH3 is 1. The number of rotatable bonds is 5. The molecular formula is C22H23BrN4O2. The Morgan fingerprint density at radius 2 is 2.28 bits per heavy atom. The van der Waals surface area contributed by atoms with Crippen molar-refractivity contribution < 1.29 is 9.53 Å². The first kappa shape index (κ1) is 19.5. The minimum atomic E-state index is -0.0325. The molecule has 4 rings (SSSR count). The number of ether oxygens (including phenoxy) is 1. The third-order valence-corrected chi connectivity index (χ3v) is 5.70. The first-order chi connectivity index (χ1) is 14.2. The third kappa shape index (κ3) is 4.29. The van der Waals surface area contributed by atoms with E-state index in [1.54, 1.807) is 13.3 Å². The summed E-state index contributed by atoms with van der Waals surface area (Å²) in [5.41, 5.74) is 4.39. The van der Waals surface area contributed by atoms with Crippen LogP contribution in [0.15, 0.2) is 53.3 Å². The second-order valence-corrected chi connectivity index (χ2v) is 7.88. The van der Waals surface area contributed by atoms with Crippen LogP contribution in [-0.2, 0) is 6.42 Å². The van der Waals surface area contributed by atoms with Crippen LogP contribution in [-0.4, -0.2) is 47.6 Å². The average molecular weight is 455 g/mol. The fourth-order valence-electron chi connectivity index (χ4n) is 3.68. The topological polar surface area (TPSA) is 70.2 Å². The molecule has 29 heavy (non-hydrogen) atoms. The summed E-state index contributed by atoms with van der Waals surface area (Å²) in [6, 6.07) is 9.89. The molecule has 0 fully saturated rings. The Hall–Kier alpha value is -2.80. The molecule has 3 aromatic rings. The molecule has 7 heteroatoms. The molecule has 2 amide bonds. The maximum Gasteiger partial charge on any atom is 0.317 e. The van der Waals surface area contributed by atoms with Gasteiger partial charge in [0.15, 0.2) is 0 Å². The van der Waals surface area contributed by atoms with Gasteiger partial charge in [0.05, 0.1) is 7.11 Å². The molecule has 0 saturated heterocycles. The number of amides is 2. The molecule has 1 aliphatic heterocycles. The number of fused-ring (bicyclic) bond motifs is 1. The summed E-state index contributed by atoms with van der Waals surface area (Å²) in [5, 5.41) is 4.15. The molecule has 0 unspecified atom stereocenters. The average Bonchev–Trinajstić information content (AvgIpc) is 3.18. The van der Waals surface area contributed by atoms with Crippen LogP contribution in [0.4, 0.5) is 4.79 Å². The molecule has 0 radical (unpaired) electrons. The van der Waals surface area contributed by atoms with E-state index in [1.165, 1.54) is 11.1 Å². The second kappa shape index (κ2) is 8.69. The first-order valence-electron chi connectivity index (χ1n) is 9.62. The van der Waals surface area contributed by atoms with Crippen molar-refractivity contribution in [3.8, 4) is 5.75 Å². The number of hydrogen-bond donors (Lipinski definition) is 2. The Labute approximate surface area is 178 Å². The number of halogens is 1. The lowest BCUT2D eigenvalue weighted by molar-refractivity contribution is 0.203. The van der Waals surface area contributed by atoms with Crippen LogP contribution in [0, 0.1) is 0 Å². The molecule has 1 aliphatic rings. The van der Waals surface area contributed by atoms with Crippen LogP contribution in [0.25, 0.3) is 16.6 Å². The number of nitrogens with one attached hydrogen (secondary N) is 2. The summed E-state index contributed by atoms with van der Waals surface area (Å²) in [6.07, 6.45) is 7.47. The summed E-state index contributed by atoms with van der Waals surface area (Å²) < 4.78 is 6.39. The van der Waals surface area contributed by atoms with Crippen LogP contribution in [0.1, 0.15) is 17.5 Å². The predicted molar refractivity (Wildman–Crippen MR) is 118 cm³/mol. The zero-order valence-corrected chi connectivity index (χ0v) is 17.8. The zero-order chi connectivity index (χ0) is 20.2. The fraction of sp³-hybridized carbons (Fsp3) is 0.273. The van der Waals surface area contributed by atoms with Gasteiger partial charge in [0, 0.05) is 47.5 Å². The molecule has 3 heterocycles. The summed E-state index contributed by atoms with van der Waals surface area (Å²) in [5.74, 6) is 0.834. The lowest BCUT2D eigenvalue weighted by Crippen LogP contribution is -2.42. The fourth-order valence-corrected chi connectivity index (χ4v) is 4.09. The maximum atomic E-state index is 12.5. The summed E-state index contributed by atoms with van der Waals surface area (Å²) in [7, 11) is 1.66. The van der Waals surface area contributed by atoms with Gasteiger partial charge in [-0.25, -0.2) is 9.78 Å². The SMILES string of the molecule is COc1ccc(Br)cc1CCNC(=O)N1CC=C(c2c[nH]c3ncccc23)CC1. The van der Waals surface area contributed by atoms with E-state index >= 15 is 0 Å². The lowest BCUT2D eigenvalue weighted by atomic mass is 10.00. The van der Waals surface area contributed by atoms with E-state index < -0.39 is 0 Å². The van der Waals surface area contributed by atoms with Gasteiger partial charge >= 0.3 is 6.03 Å². The Morgan fingerprint density at radius 3 is 3.07 bits per heavy atom. The number of hydrogen-bond acceptors (Lipinski definition) is 3. The number of carbonyl (C=O) groups excluding carboxylic acids is 1. The van der Waals surface area contributed by atoms with Gasteiger partial charge in [-0.1, -0.05) is 22.0 Å². The highest BCUT2D eigenvalue weighted by molar-refractivity contribution is 9.10. The molecule has 2 N–H and O–H groups in total. The van der Waals surface area contributed by atoms with Crippen LogP contribution in [0.3, 0.4) is 0 Å². The van der Waals surface area contributed by atoms with E-state index in [4.69, 9.17) is 4.74 Å². The molecule has 0 spiro atoms. The number of aromatic amines is 1. The Morgan fingerprint density at radius 1 is 1.38 bits per heavy atom. The molecule has 0 bridgehead atoms. The third-order valence-electron chi connectivity index (χ3n) is 5.21. The van der Waals surface area contributed by atoms with Crippen molar-refractivity contribution in [1.29, 1.82) is 0 Å². The molecule has 0 saturated carbocycles. The summed E-state index contributed by atoms with van der Waals surface area (Å²) in [6.45, 7) is 1.87. The number of benzene rings is 1. The van der Waals surface area contributed by atoms with Crippen molar-refractivity contribution in [2.45, 2.75) is 12.8 Å². The van der Waals surface area contributed by atoms with E-state index in [9.17, 15) is 4.79 Å². The highest BCUT2D eigenvalue weighted by atomic mass is 79.9. The molecule has 0 aliphatic carbocycles. The molecule has 2 aromatic heterocycles. The standard InChI is InChI=1S/C22H23BrN4O2/c1-29-20-5-4-17(23)13-16(20)6-10-25-22(28)27-11-7-15(8-12-27)19-14-26-21-18(19)3-2-9-24-21/h2-5,7,9,13-14H,6,8,10-12H2,1H3,(H,24,26)(H,25,28). The number of pyridine rings is 1. The molecule has 1 aromatic carbocycles. The first-order valence-corrected chi connectivity index (χ1v) is 10.4. The monoisotopic (exact) mass is 454 g/mol. The molecule has 0 atom stereocenters. The van der Waals surface area contributed by atoms with Gasteiger partial charge in [0.1, 0.15) is 11.4 Å². The van der Waals surface area contributed by atoms with Crippen LogP contribution < -0.4 is 10.1 Å².